The zero-order chi connectivity index (χ0) is 15.0. The summed E-state index contributed by atoms with van der Waals surface area (Å²) in [6, 6.07) is 9.31. The molecule has 4 nitrogen and oxygen atoms in total. The molecule has 1 aromatic carbocycles. The summed E-state index contributed by atoms with van der Waals surface area (Å²) in [5, 5.41) is 11.6. The molecule has 108 valence electrons. The van der Waals surface area contributed by atoms with E-state index in [4.69, 9.17) is 5.26 Å². The molecule has 0 saturated carbocycles. The third-order valence-corrected chi connectivity index (χ3v) is 3.83. The van der Waals surface area contributed by atoms with Gasteiger partial charge in [-0.1, -0.05) is 0 Å². The molecule has 0 aliphatic heterocycles. The number of likely N-dealkylation sites (N-methyl/N-ethyl adjacent to an activating group) is 1. The van der Waals surface area contributed by atoms with Crippen LogP contribution in [0.25, 0.3) is 0 Å². The Morgan fingerprint density at radius 1 is 1.45 bits per heavy atom. The van der Waals surface area contributed by atoms with Crippen LogP contribution in [0.5, 0.6) is 0 Å². The minimum atomic E-state index is -0.0341. The maximum Gasteiger partial charge on any atom is 0.238 e. The number of thioether (sulfide) groups is 1. The van der Waals surface area contributed by atoms with Crippen molar-refractivity contribution < 1.29 is 4.79 Å². The highest BCUT2D eigenvalue weighted by atomic mass is 32.2. The highest BCUT2D eigenvalue weighted by Gasteiger charge is 2.12. The molecule has 1 aromatic rings. The van der Waals surface area contributed by atoms with E-state index in [-0.39, 0.29) is 5.91 Å². The average molecular weight is 291 g/mol. The molecule has 5 heteroatoms. The first-order chi connectivity index (χ1) is 9.56. The Labute approximate surface area is 125 Å². The monoisotopic (exact) mass is 291 g/mol. The molecule has 0 heterocycles. The molecule has 1 unspecified atom stereocenters. The minimum absolute atomic E-state index is 0.0341. The van der Waals surface area contributed by atoms with Crippen molar-refractivity contribution in [1.29, 1.82) is 5.26 Å². The molecule has 20 heavy (non-hydrogen) atoms. The van der Waals surface area contributed by atoms with Gasteiger partial charge < -0.3 is 5.32 Å². The largest absolute Gasteiger partial charge is 0.325 e. The number of rotatable bonds is 7. The Balaban J connectivity index is 2.44. The van der Waals surface area contributed by atoms with Crippen molar-refractivity contribution in [3.8, 4) is 6.07 Å². The highest BCUT2D eigenvalue weighted by Crippen LogP contribution is 2.10. The third-order valence-electron chi connectivity index (χ3n) is 3.18. The van der Waals surface area contributed by atoms with E-state index in [1.807, 2.05) is 18.8 Å². The van der Waals surface area contributed by atoms with E-state index in [1.165, 1.54) is 0 Å². The summed E-state index contributed by atoms with van der Waals surface area (Å²) >= 11 is 1.82. The second kappa shape index (κ2) is 8.62. The number of hydrogen-bond donors (Lipinski definition) is 1. The first kappa shape index (κ1) is 16.5. The van der Waals surface area contributed by atoms with Crippen molar-refractivity contribution in [2.75, 3.05) is 30.9 Å². The normalized spacial score (nSPS) is 11.9. The van der Waals surface area contributed by atoms with Gasteiger partial charge >= 0.3 is 0 Å². The molecular weight excluding hydrogens is 270 g/mol. The molecule has 0 saturated heterocycles. The molecular formula is C15H21N3OS. The van der Waals surface area contributed by atoms with E-state index in [0.29, 0.717) is 18.2 Å². The Morgan fingerprint density at radius 2 is 2.10 bits per heavy atom. The molecule has 0 aliphatic rings. The molecule has 0 aliphatic carbocycles. The highest BCUT2D eigenvalue weighted by molar-refractivity contribution is 7.98. The number of amides is 1. The molecule has 1 N–H and O–H groups in total. The van der Waals surface area contributed by atoms with Gasteiger partial charge in [-0.15, -0.1) is 0 Å². The topological polar surface area (TPSA) is 56.1 Å². The lowest BCUT2D eigenvalue weighted by atomic mass is 10.2. The van der Waals surface area contributed by atoms with Crippen LogP contribution in [0.3, 0.4) is 0 Å². The van der Waals surface area contributed by atoms with Crippen molar-refractivity contribution in [2.24, 2.45) is 0 Å². The van der Waals surface area contributed by atoms with Crippen LogP contribution in [0.15, 0.2) is 24.3 Å². The lowest BCUT2D eigenvalue weighted by molar-refractivity contribution is -0.117. The fourth-order valence-corrected chi connectivity index (χ4v) is 2.30. The van der Waals surface area contributed by atoms with Crippen LogP contribution in [0.4, 0.5) is 5.69 Å². The lowest BCUT2D eigenvalue weighted by Crippen LogP contribution is -2.36. The van der Waals surface area contributed by atoms with Crippen LogP contribution in [0.1, 0.15) is 18.9 Å². The predicted molar refractivity (Wildman–Crippen MR) is 84.9 cm³/mol. The quantitative estimate of drug-likeness (QED) is 0.839. The van der Waals surface area contributed by atoms with E-state index in [9.17, 15) is 4.79 Å². The zero-order valence-corrected chi connectivity index (χ0v) is 13.0. The molecule has 0 spiro atoms. The maximum atomic E-state index is 11.9. The number of benzene rings is 1. The van der Waals surface area contributed by atoms with Crippen LogP contribution in [0.2, 0.25) is 0 Å². The molecule has 0 bridgehead atoms. The Morgan fingerprint density at radius 3 is 2.65 bits per heavy atom. The van der Waals surface area contributed by atoms with Gasteiger partial charge in [-0.2, -0.15) is 17.0 Å². The van der Waals surface area contributed by atoms with Crippen LogP contribution in [-0.2, 0) is 4.79 Å². The van der Waals surface area contributed by atoms with Crippen molar-refractivity contribution in [1.82, 2.24) is 4.90 Å². The first-order valence-electron chi connectivity index (χ1n) is 6.56. The maximum absolute atomic E-state index is 11.9. The van der Waals surface area contributed by atoms with Crippen LogP contribution < -0.4 is 5.32 Å². The molecule has 1 rings (SSSR count). The van der Waals surface area contributed by atoms with Crippen molar-refractivity contribution in [3.05, 3.63) is 29.8 Å². The summed E-state index contributed by atoms with van der Waals surface area (Å²) in [5.41, 5.74) is 1.31. The second-order valence-corrected chi connectivity index (χ2v) is 5.77. The minimum Gasteiger partial charge on any atom is -0.325 e. The fourth-order valence-electron chi connectivity index (χ4n) is 1.72. The summed E-state index contributed by atoms with van der Waals surface area (Å²) in [6.07, 6.45) is 3.16. The van der Waals surface area contributed by atoms with E-state index in [0.717, 1.165) is 17.9 Å². The van der Waals surface area contributed by atoms with Crippen molar-refractivity contribution in [3.63, 3.8) is 0 Å². The summed E-state index contributed by atoms with van der Waals surface area (Å²) in [5.74, 6) is 1.07. The van der Waals surface area contributed by atoms with Crippen LogP contribution in [0, 0.1) is 11.3 Å². The Kier molecular flexibility index (Phi) is 7.13. The SMILES string of the molecule is CSCCC(C)N(C)CC(=O)Nc1ccc(C#N)cc1. The standard InChI is InChI=1S/C15H21N3OS/c1-12(8-9-20-3)18(2)11-15(19)17-14-6-4-13(10-16)5-7-14/h4-7,12H,8-9,11H2,1-3H3,(H,17,19). The second-order valence-electron chi connectivity index (χ2n) is 4.78. The molecule has 1 atom stereocenters. The smallest absolute Gasteiger partial charge is 0.238 e. The molecule has 1 amide bonds. The van der Waals surface area contributed by atoms with Crippen LogP contribution >= 0.6 is 11.8 Å². The molecule has 0 fully saturated rings. The number of carbonyl (C=O) groups is 1. The van der Waals surface area contributed by atoms with Crippen molar-refractivity contribution >= 4 is 23.4 Å². The van der Waals surface area contributed by atoms with Gasteiger partial charge in [0.2, 0.25) is 5.91 Å². The molecule has 0 radical (unpaired) electrons. The summed E-state index contributed by atoms with van der Waals surface area (Å²) in [6.45, 7) is 2.50. The number of anilines is 1. The number of hydrogen-bond acceptors (Lipinski definition) is 4. The van der Waals surface area contributed by atoms with Crippen LogP contribution in [-0.4, -0.2) is 42.4 Å². The number of nitrogens with one attached hydrogen (secondary N) is 1. The summed E-state index contributed by atoms with van der Waals surface area (Å²) < 4.78 is 0. The van der Waals surface area contributed by atoms with E-state index >= 15 is 0 Å². The Bertz CT molecular complexity index is 467. The number of nitrogens with zero attached hydrogens (tertiary/aromatic N) is 2. The van der Waals surface area contributed by atoms with Gasteiger partial charge in [0.25, 0.3) is 0 Å². The van der Waals surface area contributed by atoms with E-state index < -0.39 is 0 Å². The van der Waals surface area contributed by atoms with Gasteiger partial charge in [-0.25, -0.2) is 0 Å². The first-order valence-corrected chi connectivity index (χ1v) is 7.95. The number of nitriles is 1. The van der Waals surface area contributed by atoms with Crippen molar-refractivity contribution in [2.45, 2.75) is 19.4 Å². The summed E-state index contributed by atoms with van der Waals surface area (Å²) in [4.78, 5) is 14.0. The predicted octanol–water partition coefficient (Wildman–Crippen LogP) is 2.57. The van der Waals surface area contributed by atoms with Gasteiger partial charge in [0, 0.05) is 11.7 Å². The van der Waals surface area contributed by atoms with E-state index in [2.05, 4.69) is 29.5 Å². The third kappa shape index (κ3) is 5.64. The van der Waals surface area contributed by atoms with Gasteiger partial charge in [0.1, 0.15) is 0 Å². The lowest BCUT2D eigenvalue weighted by Gasteiger charge is -2.23. The molecule has 0 aromatic heterocycles. The average Bonchev–Trinajstić information content (AvgIpc) is 2.45. The Hall–Kier alpha value is -1.51. The van der Waals surface area contributed by atoms with Gasteiger partial charge in [0.05, 0.1) is 18.2 Å². The van der Waals surface area contributed by atoms with Gasteiger partial charge in [0.15, 0.2) is 0 Å². The summed E-state index contributed by atoms with van der Waals surface area (Å²) in [7, 11) is 1.96. The van der Waals surface area contributed by atoms with E-state index in [1.54, 1.807) is 24.3 Å². The number of carbonyl (C=O) groups excluding carboxylic acids is 1. The zero-order valence-electron chi connectivity index (χ0n) is 12.2. The van der Waals surface area contributed by atoms with Gasteiger partial charge in [-0.3, -0.25) is 9.69 Å². The van der Waals surface area contributed by atoms with Gasteiger partial charge in [-0.05, 0) is 56.7 Å². The fraction of sp³-hybridized carbons (Fsp3) is 0.467.